The van der Waals surface area contributed by atoms with Crippen LogP contribution in [0.4, 0.5) is 0 Å². The fraction of sp³-hybridized carbons (Fsp3) is 0.333. The highest BCUT2D eigenvalue weighted by molar-refractivity contribution is 7.91. The molecule has 1 fully saturated rings. The van der Waals surface area contributed by atoms with Crippen molar-refractivity contribution in [2.75, 3.05) is 13.1 Å². The van der Waals surface area contributed by atoms with Crippen molar-refractivity contribution in [3.8, 4) is 0 Å². The van der Waals surface area contributed by atoms with Crippen LogP contribution in [-0.2, 0) is 26.2 Å². The minimum atomic E-state index is -3.56. The average molecular weight is 440 g/mol. The summed E-state index contributed by atoms with van der Waals surface area (Å²) in [6, 6.07) is 6.80. The van der Waals surface area contributed by atoms with E-state index in [9.17, 15) is 13.2 Å². The number of sulfonamides is 1. The quantitative estimate of drug-likeness (QED) is 0.570. The number of aromatic nitrogens is 2. The number of carbonyl (C=O) groups is 1. The molecule has 0 spiro atoms. The molecule has 0 saturated carbocycles. The number of esters is 1. The van der Waals surface area contributed by atoms with Gasteiger partial charge >= 0.3 is 5.97 Å². The summed E-state index contributed by atoms with van der Waals surface area (Å²) < 4.78 is 34.2. The number of fused-ring (bicyclic) bond motifs is 1. The Morgan fingerprint density at radius 1 is 1.32 bits per heavy atom. The van der Waals surface area contributed by atoms with E-state index in [1.54, 1.807) is 46.4 Å². The third kappa shape index (κ3) is 3.93. The maximum absolute atomic E-state index is 12.7. The van der Waals surface area contributed by atoms with Crippen molar-refractivity contribution in [3.63, 3.8) is 0 Å². The third-order valence-electron chi connectivity index (χ3n) is 4.63. The van der Waals surface area contributed by atoms with Gasteiger partial charge in [-0.25, -0.2) is 13.4 Å². The first-order valence-corrected chi connectivity index (χ1v) is 11.5. The molecular formula is C18H18ClN3O4S2. The van der Waals surface area contributed by atoms with Crippen LogP contribution in [0.15, 0.2) is 46.2 Å². The van der Waals surface area contributed by atoms with E-state index >= 15 is 0 Å². The van der Waals surface area contributed by atoms with Gasteiger partial charge in [0, 0.05) is 25.5 Å². The van der Waals surface area contributed by atoms with E-state index in [1.165, 1.54) is 15.6 Å². The van der Waals surface area contributed by atoms with Gasteiger partial charge in [0.15, 0.2) is 0 Å². The predicted molar refractivity (Wildman–Crippen MR) is 106 cm³/mol. The zero-order chi connectivity index (χ0) is 19.7. The number of carbonyl (C=O) groups excluding carboxylic acids is 1. The number of rotatable bonds is 5. The lowest BCUT2D eigenvalue weighted by Gasteiger charge is -2.30. The first-order chi connectivity index (χ1) is 13.4. The normalized spacial score (nSPS) is 18.4. The Bertz CT molecular complexity index is 1100. The van der Waals surface area contributed by atoms with Crippen LogP contribution in [0.2, 0.25) is 5.02 Å². The van der Waals surface area contributed by atoms with Crippen molar-refractivity contribution in [3.05, 3.63) is 52.8 Å². The zero-order valence-electron chi connectivity index (χ0n) is 14.8. The number of pyridine rings is 1. The van der Waals surface area contributed by atoms with E-state index < -0.39 is 21.9 Å². The molecule has 0 bridgehead atoms. The lowest BCUT2D eigenvalue weighted by Crippen LogP contribution is -2.42. The molecule has 1 aliphatic rings. The Labute approximate surface area is 171 Å². The summed E-state index contributed by atoms with van der Waals surface area (Å²) in [6.07, 6.45) is 4.71. The molecule has 3 aromatic rings. The standard InChI is InChI=1S/C18H18ClN3O4S2/c19-14-5-6-16-20-15(11-21(16)10-14)12-26-18(23)13-3-1-7-22(9-13)28(24,25)17-4-2-8-27-17/h2,4-6,8,10-11,13H,1,3,7,9,12H2/t13-/m1/s1. The molecule has 1 saturated heterocycles. The second-order valence-electron chi connectivity index (χ2n) is 6.59. The largest absolute Gasteiger partial charge is 0.459 e. The molecule has 0 aromatic carbocycles. The molecule has 1 atom stereocenters. The van der Waals surface area contributed by atoms with Gasteiger partial charge in [-0.15, -0.1) is 11.3 Å². The molecule has 10 heteroatoms. The number of imidazole rings is 1. The van der Waals surface area contributed by atoms with Gasteiger partial charge in [0.2, 0.25) is 0 Å². The number of hydrogen-bond donors (Lipinski definition) is 0. The number of ether oxygens (including phenoxy) is 1. The van der Waals surface area contributed by atoms with Gasteiger partial charge in [-0.2, -0.15) is 4.31 Å². The highest BCUT2D eigenvalue weighted by Gasteiger charge is 2.34. The van der Waals surface area contributed by atoms with E-state index in [1.807, 2.05) is 0 Å². The topological polar surface area (TPSA) is 81.0 Å². The molecule has 4 heterocycles. The fourth-order valence-electron chi connectivity index (χ4n) is 3.24. The van der Waals surface area contributed by atoms with Crippen LogP contribution in [0.25, 0.3) is 5.65 Å². The van der Waals surface area contributed by atoms with E-state index in [2.05, 4.69) is 4.98 Å². The van der Waals surface area contributed by atoms with Crippen molar-refractivity contribution in [1.29, 1.82) is 0 Å². The van der Waals surface area contributed by atoms with Gasteiger partial charge in [-0.05, 0) is 36.4 Å². The highest BCUT2D eigenvalue weighted by Crippen LogP contribution is 2.27. The van der Waals surface area contributed by atoms with Gasteiger partial charge in [-0.1, -0.05) is 17.7 Å². The number of thiophene rings is 1. The summed E-state index contributed by atoms with van der Waals surface area (Å²) >= 11 is 7.14. The van der Waals surface area contributed by atoms with E-state index in [4.69, 9.17) is 16.3 Å². The molecule has 28 heavy (non-hydrogen) atoms. The van der Waals surface area contributed by atoms with Crippen molar-refractivity contribution >= 4 is 44.6 Å². The van der Waals surface area contributed by atoms with Gasteiger partial charge in [-0.3, -0.25) is 4.79 Å². The number of halogens is 1. The minimum absolute atomic E-state index is 0.0340. The Morgan fingerprint density at radius 3 is 2.96 bits per heavy atom. The highest BCUT2D eigenvalue weighted by atomic mass is 35.5. The van der Waals surface area contributed by atoms with Crippen LogP contribution < -0.4 is 0 Å². The predicted octanol–water partition coefficient (Wildman–Crippen LogP) is 3.19. The number of piperidine rings is 1. The van der Waals surface area contributed by atoms with Crippen molar-refractivity contribution in [2.45, 2.75) is 23.7 Å². The maximum Gasteiger partial charge on any atom is 0.310 e. The summed E-state index contributed by atoms with van der Waals surface area (Å²) in [7, 11) is -3.56. The van der Waals surface area contributed by atoms with Crippen molar-refractivity contribution in [1.82, 2.24) is 13.7 Å². The minimum Gasteiger partial charge on any atom is -0.459 e. The Kier molecular flexibility index (Phi) is 5.42. The van der Waals surface area contributed by atoms with E-state index in [0.717, 1.165) is 0 Å². The molecule has 0 aliphatic carbocycles. The summed E-state index contributed by atoms with van der Waals surface area (Å²) in [6.45, 7) is 0.587. The third-order valence-corrected chi connectivity index (χ3v) is 8.10. The number of nitrogens with zero attached hydrogens (tertiary/aromatic N) is 3. The van der Waals surface area contributed by atoms with Crippen LogP contribution in [-0.4, -0.2) is 41.2 Å². The van der Waals surface area contributed by atoms with Crippen LogP contribution in [0, 0.1) is 5.92 Å². The monoisotopic (exact) mass is 439 g/mol. The second-order valence-corrected chi connectivity index (χ2v) is 10.1. The first-order valence-electron chi connectivity index (χ1n) is 8.77. The van der Waals surface area contributed by atoms with Crippen LogP contribution >= 0.6 is 22.9 Å². The molecule has 4 rings (SSSR count). The summed E-state index contributed by atoms with van der Waals surface area (Å²) in [5.74, 6) is -0.879. The maximum atomic E-state index is 12.7. The molecule has 148 valence electrons. The van der Waals surface area contributed by atoms with E-state index in [-0.39, 0.29) is 13.2 Å². The Morgan fingerprint density at radius 2 is 2.18 bits per heavy atom. The molecule has 0 N–H and O–H groups in total. The van der Waals surface area contributed by atoms with E-state index in [0.29, 0.717) is 40.0 Å². The fourth-order valence-corrected chi connectivity index (χ4v) is 6.08. The molecule has 0 radical (unpaired) electrons. The molecule has 3 aromatic heterocycles. The van der Waals surface area contributed by atoms with Crippen LogP contribution in [0.3, 0.4) is 0 Å². The van der Waals surface area contributed by atoms with Crippen LogP contribution in [0.1, 0.15) is 18.5 Å². The van der Waals surface area contributed by atoms with Gasteiger partial charge < -0.3 is 9.14 Å². The van der Waals surface area contributed by atoms with Gasteiger partial charge in [0.05, 0.1) is 16.6 Å². The lowest BCUT2D eigenvalue weighted by molar-refractivity contribution is -0.151. The summed E-state index contributed by atoms with van der Waals surface area (Å²) in [5, 5.41) is 2.31. The first kappa shape index (κ1) is 19.4. The SMILES string of the molecule is O=C(OCc1cn2cc(Cl)ccc2n1)[C@@H]1CCCN(S(=O)(=O)c2cccs2)C1. The molecule has 1 aliphatic heterocycles. The molecular weight excluding hydrogens is 422 g/mol. The van der Waals surface area contributed by atoms with Gasteiger partial charge in [0.25, 0.3) is 10.0 Å². The van der Waals surface area contributed by atoms with Gasteiger partial charge in [0.1, 0.15) is 16.5 Å². The lowest BCUT2D eigenvalue weighted by atomic mass is 10.00. The Balaban J connectivity index is 1.40. The van der Waals surface area contributed by atoms with Crippen molar-refractivity contribution < 1.29 is 17.9 Å². The second kappa shape index (κ2) is 7.82. The summed E-state index contributed by atoms with van der Waals surface area (Å²) in [5.41, 5.74) is 1.32. The summed E-state index contributed by atoms with van der Waals surface area (Å²) in [4.78, 5) is 16.9. The Hall–Kier alpha value is -1.94. The number of hydrogen-bond acceptors (Lipinski definition) is 6. The molecule has 0 amide bonds. The smallest absolute Gasteiger partial charge is 0.310 e. The van der Waals surface area contributed by atoms with Crippen LogP contribution in [0.5, 0.6) is 0 Å². The zero-order valence-corrected chi connectivity index (χ0v) is 17.2. The van der Waals surface area contributed by atoms with Crippen molar-refractivity contribution in [2.24, 2.45) is 5.92 Å². The average Bonchev–Trinajstić information content (AvgIpc) is 3.36. The molecule has 7 nitrogen and oxygen atoms in total. The molecule has 0 unspecified atom stereocenters.